The molecule has 0 atom stereocenters. The van der Waals surface area contributed by atoms with Gasteiger partial charge in [0, 0.05) is 33.3 Å². The molecule has 0 unspecified atom stereocenters. The van der Waals surface area contributed by atoms with Crippen LogP contribution in [-0.2, 0) is 28.4 Å². The molecule has 3 aromatic rings. The van der Waals surface area contributed by atoms with E-state index < -0.39 is 10.0 Å². The highest BCUT2D eigenvalue weighted by Gasteiger charge is 2.33. The minimum atomic E-state index is -3.69. The van der Waals surface area contributed by atoms with Crippen LogP contribution in [0.3, 0.4) is 0 Å². The highest BCUT2D eigenvalue weighted by atomic mass is 32.2. The Balaban J connectivity index is 1.52. The molecule has 0 aliphatic carbocycles. The molecule has 1 saturated heterocycles. The second kappa shape index (κ2) is 7.80. The number of fused-ring (bicyclic) bond motifs is 1. The number of amides is 1. The van der Waals surface area contributed by atoms with Gasteiger partial charge in [-0.2, -0.15) is 14.5 Å². The van der Waals surface area contributed by atoms with Crippen LogP contribution in [0.25, 0.3) is 5.65 Å². The van der Waals surface area contributed by atoms with E-state index in [4.69, 9.17) is 0 Å². The van der Waals surface area contributed by atoms with Gasteiger partial charge in [0.1, 0.15) is 11.2 Å². The van der Waals surface area contributed by atoms with Gasteiger partial charge in [0.2, 0.25) is 15.9 Å². The summed E-state index contributed by atoms with van der Waals surface area (Å²) in [7, 11) is -2.02. The number of pyridine rings is 1. The second-order valence-corrected chi connectivity index (χ2v) is 9.55. The van der Waals surface area contributed by atoms with Gasteiger partial charge >= 0.3 is 0 Å². The molecule has 1 amide bonds. The number of rotatable bonds is 5. The number of hydrogen-bond donors (Lipinski definition) is 1. The highest BCUT2D eigenvalue weighted by molar-refractivity contribution is 7.89. The van der Waals surface area contributed by atoms with E-state index in [1.807, 2.05) is 12.3 Å². The number of carbonyl (C=O) groups is 1. The molecule has 0 aromatic carbocycles. The third-order valence-electron chi connectivity index (χ3n) is 5.70. The molecule has 30 heavy (non-hydrogen) atoms. The number of piperidine rings is 1. The Morgan fingerprint density at radius 3 is 2.70 bits per heavy atom. The molecule has 11 heteroatoms. The number of hydrogen-bond acceptors (Lipinski definition) is 6. The summed E-state index contributed by atoms with van der Waals surface area (Å²) < 4.78 is 31.3. The van der Waals surface area contributed by atoms with Crippen molar-refractivity contribution >= 4 is 21.6 Å². The molecule has 0 bridgehead atoms. The Labute approximate surface area is 174 Å². The number of sulfonamides is 1. The number of nitrogens with zero attached hydrogens (tertiary/aromatic N) is 6. The molecule has 0 saturated carbocycles. The van der Waals surface area contributed by atoms with Crippen molar-refractivity contribution < 1.29 is 13.2 Å². The molecule has 1 N–H and O–H groups in total. The topological polar surface area (TPSA) is 114 Å². The summed E-state index contributed by atoms with van der Waals surface area (Å²) in [6.07, 6.45) is 6.34. The second-order valence-electron chi connectivity index (χ2n) is 7.64. The Morgan fingerprint density at radius 1 is 1.27 bits per heavy atom. The predicted molar refractivity (Wildman–Crippen MR) is 109 cm³/mol. The van der Waals surface area contributed by atoms with Crippen molar-refractivity contribution in [3.63, 3.8) is 0 Å². The Bertz CT molecular complexity index is 1190. The molecule has 10 nitrogen and oxygen atoms in total. The zero-order valence-corrected chi connectivity index (χ0v) is 18.1. The maximum atomic E-state index is 13.3. The molecular weight excluding hydrogens is 406 g/mol. The summed E-state index contributed by atoms with van der Waals surface area (Å²) >= 11 is 0. The first-order valence-corrected chi connectivity index (χ1v) is 11.3. The van der Waals surface area contributed by atoms with Crippen LogP contribution < -0.4 is 5.32 Å². The van der Waals surface area contributed by atoms with E-state index >= 15 is 0 Å². The first kappa shape index (κ1) is 20.5. The summed E-state index contributed by atoms with van der Waals surface area (Å²) in [6, 6.07) is 2.01. The lowest BCUT2D eigenvalue weighted by Crippen LogP contribution is -2.38. The minimum absolute atomic E-state index is 0.119. The third kappa shape index (κ3) is 3.70. The van der Waals surface area contributed by atoms with Crippen molar-refractivity contribution in [1.29, 1.82) is 0 Å². The summed E-state index contributed by atoms with van der Waals surface area (Å²) in [5.41, 5.74) is 3.60. The lowest BCUT2D eigenvalue weighted by Gasteiger charge is -2.32. The zero-order valence-electron chi connectivity index (χ0n) is 17.2. The fourth-order valence-electron chi connectivity index (χ4n) is 4.01. The van der Waals surface area contributed by atoms with Crippen LogP contribution in [0.15, 0.2) is 29.7 Å². The highest BCUT2D eigenvalue weighted by Crippen LogP contribution is 2.33. The molecule has 4 rings (SSSR count). The van der Waals surface area contributed by atoms with Crippen LogP contribution in [-0.4, -0.2) is 56.1 Å². The average molecular weight is 432 g/mol. The summed E-state index contributed by atoms with van der Waals surface area (Å²) in [6.45, 7) is 4.42. The largest absolute Gasteiger partial charge is 0.351 e. The molecule has 3 aromatic heterocycles. The van der Waals surface area contributed by atoms with E-state index in [1.54, 1.807) is 11.6 Å². The third-order valence-corrected chi connectivity index (χ3v) is 7.64. The zero-order chi connectivity index (χ0) is 21.5. The van der Waals surface area contributed by atoms with Gasteiger partial charge in [-0.3, -0.25) is 9.48 Å². The minimum Gasteiger partial charge on any atom is -0.351 e. The number of aromatic nitrogens is 5. The predicted octanol–water partition coefficient (Wildman–Crippen LogP) is 0.976. The molecule has 1 fully saturated rings. The lowest BCUT2D eigenvalue weighted by atomic mass is 9.89. The van der Waals surface area contributed by atoms with Crippen LogP contribution >= 0.6 is 0 Å². The monoisotopic (exact) mass is 431 g/mol. The first-order valence-electron chi connectivity index (χ1n) is 9.82. The van der Waals surface area contributed by atoms with E-state index in [1.165, 1.54) is 34.0 Å². The van der Waals surface area contributed by atoms with E-state index in [9.17, 15) is 13.2 Å². The average Bonchev–Trinajstić information content (AvgIpc) is 3.31. The van der Waals surface area contributed by atoms with Gasteiger partial charge in [0.05, 0.1) is 18.4 Å². The van der Waals surface area contributed by atoms with Gasteiger partial charge < -0.3 is 5.32 Å². The molecule has 1 aliphatic heterocycles. The van der Waals surface area contributed by atoms with Gasteiger partial charge in [-0.25, -0.2) is 17.9 Å². The SMILES string of the molecule is CC(=O)NCc1c(S(=O)(=O)N2CCC(c3cn4ncnc4cc3C)CC2)cnn1C. The van der Waals surface area contributed by atoms with E-state index in [0.717, 1.165) is 24.1 Å². The Morgan fingerprint density at radius 2 is 2.00 bits per heavy atom. The van der Waals surface area contributed by atoms with Crippen molar-refractivity contribution in [2.24, 2.45) is 7.05 Å². The summed E-state index contributed by atoms with van der Waals surface area (Å²) in [4.78, 5) is 15.6. The van der Waals surface area contributed by atoms with Crippen molar-refractivity contribution in [2.75, 3.05) is 13.1 Å². The van der Waals surface area contributed by atoms with Crippen LogP contribution in [0.2, 0.25) is 0 Å². The van der Waals surface area contributed by atoms with Gasteiger partial charge in [0.25, 0.3) is 0 Å². The standard InChI is InChI=1S/C19H25N7O3S/c1-13-8-19-21-12-23-26(19)11-16(13)15-4-6-25(7-5-15)30(28,29)18-10-22-24(3)17(18)9-20-14(2)27/h8,10-12,15H,4-7,9H2,1-3H3,(H,20,27). The maximum absolute atomic E-state index is 13.3. The first-order chi connectivity index (χ1) is 14.3. The van der Waals surface area contributed by atoms with Crippen molar-refractivity contribution in [3.8, 4) is 0 Å². The van der Waals surface area contributed by atoms with Crippen LogP contribution in [0, 0.1) is 6.92 Å². The molecule has 4 heterocycles. The molecule has 1 aliphatic rings. The molecule has 0 radical (unpaired) electrons. The fourth-order valence-corrected chi connectivity index (χ4v) is 5.67. The van der Waals surface area contributed by atoms with Crippen LogP contribution in [0.5, 0.6) is 0 Å². The van der Waals surface area contributed by atoms with Crippen molar-refractivity contribution in [1.82, 2.24) is 34.0 Å². The van der Waals surface area contributed by atoms with Gasteiger partial charge in [0.15, 0.2) is 5.65 Å². The van der Waals surface area contributed by atoms with Gasteiger partial charge in [-0.1, -0.05) is 0 Å². The molecule has 160 valence electrons. The number of carbonyl (C=O) groups excluding carboxylic acids is 1. The molecular formula is C19H25N7O3S. The van der Waals surface area contributed by atoms with Gasteiger partial charge in [-0.15, -0.1) is 0 Å². The number of nitrogens with one attached hydrogen (secondary N) is 1. The van der Waals surface area contributed by atoms with Crippen molar-refractivity contribution in [2.45, 2.75) is 44.0 Å². The van der Waals surface area contributed by atoms with E-state index in [2.05, 4.69) is 27.4 Å². The number of aryl methyl sites for hydroxylation is 2. The van der Waals surface area contributed by atoms with Crippen LogP contribution in [0.4, 0.5) is 0 Å². The smallest absolute Gasteiger partial charge is 0.246 e. The maximum Gasteiger partial charge on any atom is 0.246 e. The fraction of sp³-hybridized carbons (Fsp3) is 0.474. The summed E-state index contributed by atoms with van der Waals surface area (Å²) in [5.74, 6) is 0.0397. The van der Waals surface area contributed by atoms with E-state index in [-0.39, 0.29) is 23.3 Å². The van der Waals surface area contributed by atoms with E-state index in [0.29, 0.717) is 18.8 Å². The van der Waals surface area contributed by atoms with Crippen LogP contribution in [0.1, 0.15) is 42.5 Å². The molecule has 0 spiro atoms. The summed E-state index contributed by atoms with van der Waals surface area (Å²) in [5, 5.41) is 11.0. The van der Waals surface area contributed by atoms with Crippen molar-refractivity contribution in [3.05, 3.63) is 41.6 Å². The van der Waals surface area contributed by atoms with Gasteiger partial charge in [-0.05, 0) is 42.9 Å². The quantitative estimate of drug-likeness (QED) is 0.644. The normalized spacial score (nSPS) is 16.2. The Hall–Kier alpha value is -2.79. The Kier molecular flexibility index (Phi) is 5.33. The lowest BCUT2D eigenvalue weighted by molar-refractivity contribution is -0.119.